The summed E-state index contributed by atoms with van der Waals surface area (Å²) >= 11 is 0. The van der Waals surface area contributed by atoms with Gasteiger partial charge in [-0.3, -0.25) is 4.79 Å². The molecule has 2 atom stereocenters. The molecule has 0 aliphatic carbocycles. The van der Waals surface area contributed by atoms with Gasteiger partial charge >= 0.3 is 5.97 Å². The smallest absolute Gasteiger partial charge is 0.324 e. The molecule has 7 nitrogen and oxygen atoms in total. The average Bonchev–Trinajstić information content (AvgIpc) is 2.35. The molecular formula is C11H15NO6S. The second kappa shape index (κ2) is 6.00. The van der Waals surface area contributed by atoms with Crippen molar-refractivity contribution >= 4 is 16.0 Å². The van der Waals surface area contributed by atoms with Crippen molar-refractivity contribution in [2.45, 2.75) is 24.0 Å². The number of rotatable bonds is 6. The first-order valence-corrected chi connectivity index (χ1v) is 6.83. The number of ether oxygens (including phenoxy) is 1. The molecule has 19 heavy (non-hydrogen) atoms. The molecule has 1 aromatic rings. The number of hydrogen-bond acceptors (Lipinski definition) is 5. The molecule has 1 aromatic carbocycles. The molecule has 0 unspecified atom stereocenters. The summed E-state index contributed by atoms with van der Waals surface area (Å²) in [5.74, 6) is -0.976. The highest BCUT2D eigenvalue weighted by Crippen LogP contribution is 2.16. The van der Waals surface area contributed by atoms with E-state index in [1.165, 1.54) is 38.3 Å². The zero-order valence-corrected chi connectivity index (χ0v) is 11.2. The molecular weight excluding hydrogens is 274 g/mol. The number of carboxylic acid groups (broad SMARTS) is 1. The molecule has 0 aliphatic rings. The van der Waals surface area contributed by atoms with Crippen LogP contribution < -0.4 is 9.46 Å². The zero-order chi connectivity index (χ0) is 14.6. The Balaban J connectivity index is 2.99. The molecule has 0 fully saturated rings. The Labute approximate surface area is 110 Å². The van der Waals surface area contributed by atoms with Gasteiger partial charge in [0, 0.05) is 0 Å². The lowest BCUT2D eigenvalue weighted by molar-refractivity contribution is -0.141. The Kier molecular flexibility index (Phi) is 4.87. The third-order valence-corrected chi connectivity index (χ3v) is 3.86. The van der Waals surface area contributed by atoms with Gasteiger partial charge in [0.25, 0.3) is 0 Å². The zero-order valence-electron chi connectivity index (χ0n) is 10.4. The molecule has 0 saturated carbocycles. The van der Waals surface area contributed by atoms with Gasteiger partial charge in [-0.25, -0.2) is 8.42 Å². The predicted molar refractivity (Wildman–Crippen MR) is 66.4 cm³/mol. The van der Waals surface area contributed by atoms with E-state index in [1.54, 1.807) is 0 Å². The van der Waals surface area contributed by atoms with Crippen LogP contribution in [0.5, 0.6) is 5.75 Å². The minimum absolute atomic E-state index is 0.111. The van der Waals surface area contributed by atoms with Gasteiger partial charge < -0.3 is 14.9 Å². The number of sulfonamides is 1. The highest BCUT2D eigenvalue weighted by Gasteiger charge is 2.29. The van der Waals surface area contributed by atoms with Gasteiger partial charge in [0.05, 0.1) is 18.1 Å². The van der Waals surface area contributed by atoms with E-state index in [-0.39, 0.29) is 4.90 Å². The van der Waals surface area contributed by atoms with Gasteiger partial charge in [0.15, 0.2) is 0 Å². The maximum atomic E-state index is 11.9. The standard InChI is InChI=1S/C11H15NO6S/c1-7(13)10(11(14)15)12-19(16,17)9-5-3-8(18-2)4-6-9/h3-7,10,12-13H,1-2H3,(H,14,15)/t7-,10+/m1/s1. The molecule has 0 spiro atoms. The lowest BCUT2D eigenvalue weighted by atomic mass is 10.2. The number of methoxy groups -OCH3 is 1. The minimum Gasteiger partial charge on any atom is -0.497 e. The average molecular weight is 289 g/mol. The number of benzene rings is 1. The van der Waals surface area contributed by atoms with E-state index in [0.29, 0.717) is 5.75 Å². The van der Waals surface area contributed by atoms with Crippen molar-refractivity contribution in [1.82, 2.24) is 4.72 Å². The van der Waals surface area contributed by atoms with Crippen molar-refractivity contribution < 1.29 is 28.2 Å². The van der Waals surface area contributed by atoms with Crippen LogP contribution in [0.25, 0.3) is 0 Å². The van der Waals surface area contributed by atoms with Crippen LogP contribution in [0.15, 0.2) is 29.2 Å². The number of carbonyl (C=O) groups is 1. The lowest BCUT2D eigenvalue weighted by Gasteiger charge is -2.17. The van der Waals surface area contributed by atoms with Gasteiger partial charge in [-0.1, -0.05) is 0 Å². The number of carboxylic acids is 1. The first-order valence-electron chi connectivity index (χ1n) is 5.35. The van der Waals surface area contributed by atoms with E-state index in [0.717, 1.165) is 0 Å². The van der Waals surface area contributed by atoms with Crippen molar-refractivity contribution in [2.75, 3.05) is 7.11 Å². The van der Waals surface area contributed by atoms with Crippen molar-refractivity contribution in [3.63, 3.8) is 0 Å². The van der Waals surface area contributed by atoms with Crippen LogP contribution in [0.4, 0.5) is 0 Å². The summed E-state index contributed by atoms with van der Waals surface area (Å²) in [7, 11) is -2.58. The largest absolute Gasteiger partial charge is 0.497 e. The van der Waals surface area contributed by atoms with Gasteiger partial charge in [0.1, 0.15) is 11.8 Å². The molecule has 1 rings (SSSR count). The third kappa shape index (κ3) is 3.91. The van der Waals surface area contributed by atoms with Gasteiger partial charge in [-0.2, -0.15) is 4.72 Å². The Morgan fingerprint density at radius 2 is 1.84 bits per heavy atom. The van der Waals surface area contributed by atoms with E-state index >= 15 is 0 Å². The van der Waals surface area contributed by atoms with Crippen LogP contribution in [0.2, 0.25) is 0 Å². The normalized spacial score (nSPS) is 14.7. The molecule has 8 heteroatoms. The van der Waals surface area contributed by atoms with Crippen LogP contribution in [0, 0.1) is 0 Å². The predicted octanol–water partition coefficient (Wildman–Crippen LogP) is -0.193. The Morgan fingerprint density at radius 1 is 1.32 bits per heavy atom. The fraction of sp³-hybridized carbons (Fsp3) is 0.364. The Morgan fingerprint density at radius 3 is 2.21 bits per heavy atom. The monoisotopic (exact) mass is 289 g/mol. The quantitative estimate of drug-likeness (QED) is 0.669. The van der Waals surface area contributed by atoms with Crippen LogP contribution in [0.3, 0.4) is 0 Å². The summed E-state index contributed by atoms with van der Waals surface area (Å²) in [5, 5.41) is 18.1. The van der Waals surface area contributed by atoms with E-state index in [4.69, 9.17) is 9.84 Å². The number of hydrogen-bond donors (Lipinski definition) is 3. The number of nitrogens with one attached hydrogen (secondary N) is 1. The summed E-state index contributed by atoms with van der Waals surface area (Å²) in [6.07, 6.45) is -1.36. The second-order valence-electron chi connectivity index (χ2n) is 3.85. The van der Waals surface area contributed by atoms with Crippen LogP contribution in [-0.4, -0.2) is 43.9 Å². The van der Waals surface area contributed by atoms with E-state index < -0.39 is 28.1 Å². The van der Waals surface area contributed by atoms with Crippen molar-refractivity contribution in [3.8, 4) is 5.75 Å². The van der Waals surface area contributed by atoms with Crippen LogP contribution in [0.1, 0.15) is 6.92 Å². The molecule has 0 bridgehead atoms. The Bertz CT molecular complexity index is 537. The van der Waals surface area contributed by atoms with Crippen LogP contribution >= 0.6 is 0 Å². The maximum Gasteiger partial charge on any atom is 0.324 e. The molecule has 0 aromatic heterocycles. The van der Waals surface area contributed by atoms with Crippen molar-refractivity contribution in [3.05, 3.63) is 24.3 Å². The van der Waals surface area contributed by atoms with Gasteiger partial charge in [0.2, 0.25) is 10.0 Å². The lowest BCUT2D eigenvalue weighted by Crippen LogP contribution is -2.47. The molecule has 0 saturated heterocycles. The summed E-state index contributed by atoms with van der Waals surface area (Å²) in [5.41, 5.74) is 0. The summed E-state index contributed by atoms with van der Waals surface area (Å²) < 4.78 is 30.7. The molecule has 0 aliphatic heterocycles. The number of aliphatic hydroxyl groups is 1. The highest BCUT2D eigenvalue weighted by atomic mass is 32.2. The van der Waals surface area contributed by atoms with Crippen LogP contribution in [-0.2, 0) is 14.8 Å². The highest BCUT2D eigenvalue weighted by molar-refractivity contribution is 7.89. The SMILES string of the molecule is COc1ccc(S(=O)(=O)N[C@H](C(=O)O)[C@@H](C)O)cc1. The Hall–Kier alpha value is -1.64. The molecule has 0 amide bonds. The third-order valence-electron chi connectivity index (χ3n) is 2.40. The first kappa shape index (κ1) is 15.4. The summed E-state index contributed by atoms with van der Waals surface area (Å²) in [4.78, 5) is 10.7. The van der Waals surface area contributed by atoms with E-state index in [2.05, 4.69) is 0 Å². The maximum absolute atomic E-state index is 11.9. The van der Waals surface area contributed by atoms with E-state index in [9.17, 15) is 18.3 Å². The fourth-order valence-corrected chi connectivity index (χ4v) is 2.61. The topological polar surface area (TPSA) is 113 Å². The fourth-order valence-electron chi connectivity index (χ4n) is 1.35. The molecule has 106 valence electrons. The number of aliphatic carboxylic acids is 1. The minimum atomic E-state index is -4.02. The second-order valence-corrected chi connectivity index (χ2v) is 5.57. The summed E-state index contributed by atoms with van der Waals surface area (Å²) in [6.45, 7) is 1.19. The molecule has 0 radical (unpaired) electrons. The van der Waals surface area contributed by atoms with Gasteiger partial charge in [-0.05, 0) is 31.2 Å². The molecule has 0 heterocycles. The van der Waals surface area contributed by atoms with Crippen molar-refractivity contribution in [1.29, 1.82) is 0 Å². The summed E-state index contributed by atoms with van der Waals surface area (Å²) in [6, 6.07) is 3.83. The number of aliphatic hydroxyl groups excluding tert-OH is 1. The van der Waals surface area contributed by atoms with E-state index in [1.807, 2.05) is 4.72 Å². The van der Waals surface area contributed by atoms with Crippen molar-refractivity contribution in [2.24, 2.45) is 0 Å². The molecule has 3 N–H and O–H groups in total. The van der Waals surface area contributed by atoms with Gasteiger partial charge in [-0.15, -0.1) is 0 Å². The first-order chi connectivity index (χ1) is 8.77.